The van der Waals surface area contributed by atoms with Crippen molar-refractivity contribution < 1.29 is 9.13 Å². The van der Waals surface area contributed by atoms with E-state index in [4.69, 9.17) is 10.5 Å². The first kappa shape index (κ1) is 10.4. The first-order valence-electron chi connectivity index (χ1n) is 5.62. The van der Waals surface area contributed by atoms with Crippen LogP contribution in [-0.2, 0) is 0 Å². The fourth-order valence-corrected chi connectivity index (χ4v) is 2.28. The Morgan fingerprint density at radius 2 is 2.24 bits per heavy atom. The fourth-order valence-electron chi connectivity index (χ4n) is 2.28. The van der Waals surface area contributed by atoms with E-state index < -0.39 is 5.82 Å². The van der Waals surface area contributed by atoms with Crippen LogP contribution < -0.4 is 10.5 Å². The van der Waals surface area contributed by atoms with Crippen molar-refractivity contribution >= 4 is 17.0 Å². The Hall–Kier alpha value is -1.78. The summed E-state index contributed by atoms with van der Waals surface area (Å²) < 4.78 is 20.5. The van der Waals surface area contributed by atoms with Crippen molar-refractivity contribution in [3.63, 3.8) is 0 Å². The highest BCUT2D eigenvalue weighted by Crippen LogP contribution is 2.46. The summed E-state index contributed by atoms with van der Waals surface area (Å²) >= 11 is 0. The lowest BCUT2D eigenvalue weighted by Gasteiger charge is -2.06. The molecule has 1 aromatic carbocycles. The van der Waals surface area contributed by atoms with Gasteiger partial charge in [0.2, 0.25) is 5.95 Å². The third-order valence-corrected chi connectivity index (χ3v) is 3.39. The molecule has 2 atom stereocenters. The van der Waals surface area contributed by atoms with E-state index in [9.17, 15) is 4.39 Å². The van der Waals surface area contributed by atoms with E-state index in [0.29, 0.717) is 23.4 Å². The van der Waals surface area contributed by atoms with Crippen LogP contribution in [0.25, 0.3) is 11.0 Å². The molecule has 0 spiro atoms. The van der Waals surface area contributed by atoms with Crippen LogP contribution >= 0.6 is 0 Å². The van der Waals surface area contributed by atoms with Crippen molar-refractivity contribution in [2.45, 2.75) is 19.4 Å². The van der Waals surface area contributed by atoms with Crippen molar-refractivity contribution in [3.05, 3.63) is 17.9 Å². The molecule has 0 bridgehead atoms. The number of nitrogens with zero attached hydrogens (tertiary/aromatic N) is 2. The average Bonchev–Trinajstić information content (AvgIpc) is 2.89. The lowest BCUT2D eigenvalue weighted by atomic mass is 10.3. The minimum absolute atomic E-state index is 0.229. The third-order valence-electron chi connectivity index (χ3n) is 3.39. The number of rotatable bonds is 2. The standard InChI is InChI=1S/C12H14FN3O/c1-6-3-9(6)16-10-5-11(17-2)7(13)4-8(10)15-12(16)14/h4-6,9H,3H2,1-2H3,(H2,14,15). The van der Waals surface area contributed by atoms with Crippen LogP contribution in [0, 0.1) is 11.7 Å². The van der Waals surface area contributed by atoms with Crippen molar-refractivity contribution in [2.75, 3.05) is 12.8 Å². The van der Waals surface area contributed by atoms with Crippen LogP contribution in [0.3, 0.4) is 0 Å². The molecule has 3 rings (SSSR count). The molecule has 1 heterocycles. The second-order valence-electron chi connectivity index (χ2n) is 4.60. The second kappa shape index (κ2) is 3.35. The molecular weight excluding hydrogens is 221 g/mol. The van der Waals surface area contributed by atoms with Crippen molar-refractivity contribution in [3.8, 4) is 5.75 Å². The predicted octanol–water partition coefficient (Wildman–Crippen LogP) is 2.35. The smallest absolute Gasteiger partial charge is 0.201 e. The van der Waals surface area contributed by atoms with Gasteiger partial charge in [-0.3, -0.25) is 0 Å². The Labute approximate surface area is 98.2 Å². The topological polar surface area (TPSA) is 53.1 Å². The summed E-state index contributed by atoms with van der Waals surface area (Å²) in [5.74, 6) is 0.869. The Kier molecular flexibility index (Phi) is 2.05. The largest absolute Gasteiger partial charge is 0.494 e. The van der Waals surface area contributed by atoms with Crippen molar-refractivity contribution in [1.82, 2.24) is 9.55 Å². The summed E-state index contributed by atoms with van der Waals surface area (Å²) in [7, 11) is 1.45. The maximum absolute atomic E-state index is 13.5. The number of hydrogen-bond donors (Lipinski definition) is 1. The number of anilines is 1. The normalized spacial score (nSPS) is 23.0. The van der Waals surface area contributed by atoms with Crippen LogP contribution in [0.15, 0.2) is 12.1 Å². The third kappa shape index (κ3) is 1.45. The first-order chi connectivity index (χ1) is 8.11. The zero-order valence-electron chi connectivity index (χ0n) is 9.77. The number of nitrogens with two attached hydrogens (primary N) is 1. The number of methoxy groups -OCH3 is 1. The van der Waals surface area contributed by atoms with Crippen LogP contribution in [0.1, 0.15) is 19.4 Å². The lowest BCUT2D eigenvalue weighted by molar-refractivity contribution is 0.387. The number of halogens is 1. The zero-order chi connectivity index (χ0) is 12.2. The fraction of sp³-hybridized carbons (Fsp3) is 0.417. The van der Waals surface area contributed by atoms with Gasteiger partial charge in [0, 0.05) is 18.2 Å². The molecule has 0 amide bonds. The predicted molar refractivity (Wildman–Crippen MR) is 63.5 cm³/mol. The number of nitrogen functional groups attached to an aromatic ring is 1. The SMILES string of the molecule is COc1cc2c(cc1F)nc(N)n2C1CC1C. The Balaban J connectivity index is 2.24. The van der Waals surface area contributed by atoms with E-state index in [1.807, 2.05) is 4.57 Å². The van der Waals surface area contributed by atoms with E-state index >= 15 is 0 Å². The highest BCUT2D eigenvalue weighted by Gasteiger charge is 2.36. The number of hydrogen-bond acceptors (Lipinski definition) is 3. The zero-order valence-corrected chi connectivity index (χ0v) is 9.77. The number of benzene rings is 1. The molecule has 2 N–H and O–H groups in total. The van der Waals surface area contributed by atoms with E-state index in [1.54, 1.807) is 6.07 Å². The first-order valence-corrected chi connectivity index (χ1v) is 5.62. The minimum atomic E-state index is -0.409. The molecule has 1 aliphatic rings. The molecule has 1 fully saturated rings. The van der Waals surface area contributed by atoms with E-state index in [-0.39, 0.29) is 5.75 Å². The van der Waals surface area contributed by atoms with E-state index in [2.05, 4.69) is 11.9 Å². The van der Waals surface area contributed by atoms with Gasteiger partial charge in [-0.2, -0.15) is 0 Å². The molecule has 17 heavy (non-hydrogen) atoms. The van der Waals surface area contributed by atoms with Gasteiger partial charge in [-0.1, -0.05) is 6.92 Å². The van der Waals surface area contributed by atoms with Crippen LogP contribution in [0.4, 0.5) is 10.3 Å². The highest BCUT2D eigenvalue weighted by molar-refractivity contribution is 5.80. The Bertz CT molecular complexity index is 593. The molecule has 5 heteroatoms. The molecule has 0 saturated heterocycles. The number of imidazole rings is 1. The van der Waals surface area contributed by atoms with Gasteiger partial charge in [0.1, 0.15) is 0 Å². The maximum atomic E-state index is 13.5. The monoisotopic (exact) mass is 235 g/mol. The van der Waals surface area contributed by atoms with Gasteiger partial charge in [-0.25, -0.2) is 9.37 Å². The van der Waals surface area contributed by atoms with Crippen LogP contribution in [-0.4, -0.2) is 16.7 Å². The highest BCUT2D eigenvalue weighted by atomic mass is 19.1. The molecule has 4 nitrogen and oxygen atoms in total. The summed E-state index contributed by atoms with van der Waals surface area (Å²) in [6.45, 7) is 2.16. The minimum Gasteiger partial charge on any atom is -0.494 e. The number of aromatic nitrogens is 2. The summed E-state index contributed by atoms with van der Waals surface area (Å²) in [6.07, 6.45) is 1.09. The number of ether oxygens (including phenoxy) is 1. The molecule has 1 aliphatic carbocycles. The van der Waals surface area contributed by atoms with E-state index in [1.165, 1.54) is 13.2 Å². The average molecular weight is 235 g/mol. The van der Waals surface area contributed by atoms with Gasteiger partial charge in [-0.05, 0) is 12.3 Å². The molecule has 1 saturated carbocycles. The van der Waals surface area contributed by atoms with Gasteiger partial charge in [-0.15, -0.1) is 0 Å². The van der Waals surface area contributed by atoms with Gasteiger partial charge < -0.3 is 15.0 Å². The molecule has 0 radical (unpaired) electrons. The Morgan fingerprint density at radius 3 is 2.82 bits per heavy atom. The molecule has 1 aromatic heterocycles. The summed E-state index contributed by atoms with van der Waals surface area (Å²) in [5, 5.41) is 0. The summed E-state index contributed by atoms with van der Waals surface area (Å²) in [6, 6.07) is 3.42. The molecular formula is C12H14FN3O. The second-order valence-corrected chi connectivity index (χ2v) is 4.60. The van der Waals surface area contributed by atoms with Gasteiger partial charge >= 0.3 is 0 Å². The maximum Gasteiger partial charge on any atom is 0.201 e. The van der Waals surface area contributed by atoms with Gasteiger partial charge in [0.25, 0.3) is 0 Å². The lowest BCUT2D eigenvalue weighted by Crippen LogP contribution is -2.02. The van der Waals surface area contributed by atoms with Crippen LogP contribution in [0.5, 0.6) is 5.75 Å². The van der Waals surface area contributed by atoms with Crippen molar-refractivity contribution in [1.29, 1.82) is 0 Å². The molecule has 0 aliphatic heterocycles. The molecule has 2 aromatic rings. The van der Waals surface area contributed by atoms with Crippen LogP contribution in [0.2, 0.25) is 0 Å². The van der Waals surface area contributed by atoms with Crippen molar-refractivity contribution in [2.24, 2.45) is 5.92 Å². The van der Waals surface area contributed by atoms with E-state index in [0.717, 1.165) is 11.9 Å². The van der Waals surface area contributed by atoms with Gasteiger partial charge in [0.15, 0.2) is 11.6 Å². The molecule has 2 unspecified atom stereocenters. The summed E-state index contributed by atoms with van der Waals surface area (Å²) in [5.41, 5.74) is 7.31. The number of fused-ring (bicyclic) bond motifs is 1. The quantitative estimate of drug-likeness (QED) is 0.869. The summed E-state index contributed by atoms with van der Waals surface area (Å²) in [4.78, 5) is 4.19. The Morgan fingerprint density at radius 1 is 1.53 bits per heavy atom. The van der Waals surface area contributed by atoms with Gasteiger partial charge in [0.05, 0.1) is 18.1 Å². The molecule has 90 valence electrons.